The third kappa shape index (κ3) is 3.76. The van der Waals surface area contributed by atoms with Crippen LogP contribution in [0.5, 0.6) is 0 Å². The van der Waals surface area contributed by atoms with E-state index in [2.05, 4.69) is 46.7 Å². The Bertz CT molecular complexity index is 1030. The van der Waals surface area contributed by atoms with Gasteiger partial charge in [-0.1, -0.05) is 25.9 Å². The standard InChI is InChI=1S/C20H23N5O3/c1-20(2,3)10-15-16-12(9-14(11-6-7-11)22-19(16)28-25-15)17(26)23-24-18(27)13-5-4-8-21-13/h4-5,8-9,11,21H,6-7,10H2,1-3H3,(H,23,26)(H,24,27). The Kier molecular flexibility index (Phi) is 4.41. The van der Waals surface area contributed by atoms with E-state index in [9.17, 15) is 9.59 Å². The molecule has 1 aliphatic carbocycles. The number of H-pyrrole nitrogens is 1. The molecule has 0 unspecified atom stereocenters. The van der Waals surface area contributed by atoms with Crippen LogP contribution in [0.4, 0.5) is 0 Å². The highest BCUT2D eigenvalue weighted by atomic mass is 16.5. The van der Waals surface area contributed by atoms with E-state index in [1.807, 2.05) is 0 Å². The van der Waals surface area contributed by atoms with Crippen molar-refractivity contribution in [3.63, 3.8) is 0 Å². The molecule has 4 rings (SSSR count). The number of pyridine rings is 1. The first-order chi connectivity index (χ1) is 13.3. The quantitative estimate of drug-likeness (QED) is 0.601. The number of hydrazine groups is 1. The number of rotatable bonds is 4. The number of nitrogens with one attached hydrogen (secondary N) is 3. The predicted molar refractivity (Wildman–Crippen MR) is 103 cm³/mol. The third-order valence-corrected chi connectivity index (χ3v) is 4.61. The second-order valence-electron chi connectivity index (χ2n) is 8.41. The van der Waals surface area contributed by atoms with Crippen LogP contribution in [0.15, 0.2) is 28.9 Å². The highest BCUT2D eigenvalue weighted by Crippen LogP contribution is 2.40. The lowest BCUT2D eigenvalue weighted by Crippen LogP contribution is -2.42. The maximum Gasteiger partial charge on any atom is 0.286 e. The van der Waals surface area contributed by atoms with Gasteiger partial charge in [0.2, 0.25) is 0 Å². The fourth-order valence-corrected chi connectivity index (χ4v) is 3.14. The maximum absolute atomic E-state index is 12.9. The third-order valence-electron chi connectivity index (χ3n) is 4.61. The monoisotopic (exact) mass is 381 g/mol. The average molecular weight is 381 g/mol. The number of amides is 2. The molecule has 0 spiro atoms. The molecule has 0 aliphatic heterocycles. The Morgan fingerprint density at radius 3 is 2.64 bits per heavy atom. The van der Waals surface area contributed by atoms with E-state index in [0.717, 1.165) is 18.5 Å². The number of aromatic nitrogens is 3. The lowest BCUT2D eigenvalue weighted by molar-refractivity contribution is 0.0845. The van der Waals surface area contributed by atoms with Gasteiger partial charge in [-0.25, -0.2) is 4.98 Å². The van der Waals surface area contributed by atoms with Crippen molar-refractivity contribution in [1.82, 2.24) is 26.0 Å². The number of nitrogens with zero attached hydrogens (tertiary/aromatic N) is 2. The van der Waals surface area contributed by atoms with Crippen molar-refractivity contribution in [2.24, 2.45) is 5.41 Å². The molecule has 0 saturated heterocycles. The Morgan fingerprint density at radius 1 is 1.25 bits per heavy atom. The zero-order chi connectivity index (χ0) is 19.9. The van der Waals surface area contributed by atoms with Crippen LogP contribution in [0.2, 0.25) is 0 Å². The van der Waals surface area contributed by atoms with Crippen LogP contribution in [-0.2, 0) is 6.42 Å². The van der Waals surface area contributed by atoms with Crippen LogP contribution in [0, 0.1) is 5.41 Å². The minimum absolute atomic E-state index is 0.0332. The SMILES string of the molecule is CC(C)(C)Cc1noc2nc(C3CC3)cc(C(=O)NNC(=O)c3ccc[nH]3)c12. The molecule has 1 aliphatic rings. The van der Waals surface area contributed by atoms with Crippen LogP contribution < -0.4 is 10.9 Å². The number of hydrogen-bond donors (Lipinski definition) is 3. The first-order valence-corrected chi connectivity index (χ1v) is 9.35. The molecule has 0 atom stereocenters. The summed E-state index contributed by atoms with van der Waals surface area (Å²) in [5, 5.41) is 4.77. The molecule has 28 heavy (non-hydrogen) atoms. The molecule has 8 nitrogen and oxygen atoms in total. The number of aromatic amines is 1. The first kappa shape index (κ1) is 18.2. The summed E-state index contributed by atoms with van der Waals surface area (Å²) in [5.74, 6) is -0.500. The summed E-state index contributed by atoms with van der Waals surface area (Å²) in [4.78, 5) is 32.4. The van der Waals surface area contributed by atoms with E-state index in [1.165, 1.54) is 0 Å². The van der Waals surface area contributed by atoms with Gasteiger partial charge in [-0.15, -0.1) is 0 Å². The van der Waals surface area contributed by atoms with Crippen LogP contribution in [0.3, 0.4) is 0 Å². The van der Waals surface area contributed by atoms with Crippen molar-refractivity contribution in [3.8, 4) is 0 Å². The Labute approximate surface area is 162 Å². The summed E-state index contributed by atoms with van der Waals surface area (Å²) in [6, 6.07) is 5.12. The molecule has 3 N–H and O–H groups in total. The van der Waals surface area contributed by atoms with E-state index in [-0.39, 0.29) is 5.41 Å². The molecular weight excluding hydrogens is 358 g/mol. The topological polar surface area (TPSA) is 113 Å². The van der Waals surface area contributed by atoms with E-state index < -0.39 is 11.8 Å². The molecule has 8 heteroatoms. The van der Waals surface area contributed by atoms with Crippen LogP contribution >= 0.6 is 0 Å². The molecule has 1 saturated carbocycles. The van der Waals surface area contributed by atoms with Gasteiger partial charge in [-0.05, 0) is 42.9 Å². The molecule has 0 radical (unpaired) electrons. The summed E-state index contributed by atoms with van der Waals surface area (Å²) in [6.45, 7) is 6.28. The molecule has 0 bridgehead atoms. The van der Waals surface area contributed by atoms with E-state index in [0.29, 0.717) is 40.4 Å². The Hall–Kier alpha value is -3.16. The molecule has 3 aromatic heterocycles. The highest BCUT2D eigenvalue weighted by molar-refractivity contribution is 6.07. The fraction of sp³-hybridized carbons (Fsp3) is 0.400. The summed E-state index contributed by atoms with van der Waals surface area (Å²) in [6.07, 6.45) is 4.37. The molecule has 0 aromatic carbocycles. The van der Waals surface area contributed by atoms with Gasteiger partial charge in [-0.3, -0.25) is 20.4 Å². The van der Waals surface area contributed by atoms with Gasteiger partial charge in [0.25, 0.3) is 17.5 Å². The van der Waals surface area contributed by atoms with Crippen molar-refractivity contribution in [2.45, 2.75) is 46.0 Å². The van der Waals surface area contributed by atoms with E-state index >= 15 is 0 Å². The summed E-state index contributed by atoms with van der Waals surface area (Å²) in [7, 11) is 0. The van der Waals surface area contributed by atoms with Gasteiger partial charge < -0.3 is 9.51 Å². The number of fused-ring (bicyclic) bond motifs is 1. The van der Waals surface area contributed by atoms with Crippen LogP contribution in [0.1, 0.15) is 71.8 Å². The lowest BCUT2D eigenvalue weighted by atomic mass is 9.89. The molecule has 2 amide bonds. The average Bonchev–Trinajstić information content (AvgIpc) is 3.19. The van der Waals surface area contributed by atoms with Gasteiger partial charge in [0, 0.05) is 17.8 Å². The van der Waals surface area contributed by atoms with E-state index in [1.54, 1.807) is 24.4 Å². The Morgan fingerprint density at radius 2 is 2.00 bits per heavy atom. The molecule has 1 fully saturated rings. The largest absolute Gasteiger partial charge is 0.357 e. The molecule has 3 aromatic rings. The normalized spacial score (nSPS) is 14.2. The van der Waals surface area contributed by atoms with Gasteiger partial charge in [0.15, 0.2) is 0 Å². The highest BCUT2D eigenvalue weighted by Gasteiger charge is 2.30. The summed E-state index contributed by atoms with van der Waals surface area (Å²) < 4.78 is 5.46. The zero-order valence-electron chi connectivity index (χ0n) is 16.1. The minimum atomic E-state index is -0.425. The Balaban J connectivity index is 1.65. The molecule has 3 heterocycles. The van der Waals surface area contributed by atoms with Crippen LogP contribution in [0.25, 0.3) is 11.1 Å². The number of carbonyl (C=O) groups is 2. The van der Waals surface area contributed by atoms with Gasteiger partial charge in [0.1, 0.15) is 5.69 Å². The predicted octanol–water partition coefficient (Wildman–Crippen LogP) is 3.09. The lowest BCUT2D eigenvalue weighted by Gasteiger charge is -2.16. The molecule has 146 valence electrons. The van der Waals surface area contributed by atoms with Gasteiger partial charge in [0.05, 0.1) is 16.6 Å². The second-order valence-corrected chi connectivity index (χ2v) is 8.41. The van der Waals surface area contributed by atoms with Crippen molar-refractivity contribution in [3.05, 3.63) is 47.0 Å². The molecular formula is C20H23N5O3. The van der Waals surface area contributed by atoms with Crippen molar-refractivity contribution < 1.29 is 14.1 Å². The van der Waals surface area contributed by atoms with Crippen molar-refractivity contribution >= 4 is 22.9 Å². The minimum Gasteiger partial charge on any atom is -0.357 e. The maximum atomic E-state index is 12.9. The number of carbonyl (C=O) groups excluding carboxylic acids is 2. The zero-order valence-corrected chi connectivity index (χ0v) is 16.1. The van der Waals surface area contributed by atoms with Gasteiger partial charge >= 0.3 is 0 Å². The van der Waals surface area contributed by atoms with Crippen LogP contribution in [-0.4, -0.2) is 26.9 Å². The van der Waals surface area contributed by atoms with Gasteiger partial charge in [-0.2, -0.15) is 0 Å². The van der Waals surface area contributed by atoms with Crippen molar-refractivity contribution in [2.75, 3.05) is 0 Å². The van der Waals surface area contributed by atoms with E-state index in [4.69, 9.17) is 4.52 Å². The number of hydrogen-bond acceptors (Lipinski definition) is 5. The smallest absolute Gasteiger partial charge is 0.286 e. The summed E-state index contributed by atoms with van der Waals surface area (Å²) in [5.41, 5.74) is 7.55. The fourth-order valence-electron chi connectivity index (χ4n) is 3.14. The second kappa shape index (κ2) is 6.78. The summed E-state index contributed by atoms with van der Waals surface area (Å²) >= 11 is 0. The van der Waals surface area contributed by atoms with Crippen molar-refractivity contribution in [1.29, 1.82) is 0 Å². The first-order valence-electron chi connectivity index (χ1n) is 9.35.